The summed E-state index contributed by atoms with van der Waals surface area (Å²) < 4.78 is 0. The van der Waals surface area contributed by atoms with Gasteiger partial charge in [-0.15, -0.1) is 10.2 Å². The number of rotatable bonds is 0. The summed E-state index contributed by atoms with van der Waals surface area (Å²) in [7, 11) is 0. The summed E-state index contributed by atoms with van der Waals surface area (Å²) in [6.07, 6.45) is 0. The maximum absolute atomic E-state index is 8.64. The van der Waals surface area contributed by atoms with Gasteiger partial charge >= 0.3 is 0 Å². The van der Waals surface area contributed by atoms with Gasteiger partial charge < -0.3 is 11.5 Å². The molecule has 0 radical (unpaired) electrons. The second kappa shape index (κ2) is 2.01. The fraction of sp³-hybridized carbons (Fsp3) is 0. The van der Waals surface area contributed by atoms with Gasteiger partial charge in [0.05, 0.1) is 0 Å². The smallest absolute Gasteiger partial charge is 0.264 e. The molecular formula is C2H6N6O2. The van der Waals surface area contributed by atoms with Gasteiger partial charge in [0.1, 0.15) is 0 Å². The van der Waals surface area contributed by atoms with Crippen molar-refractivity contribution in [1.29, 1.82) is 0 Å². The lowest BCUT2D eigenvalue weighted by atomic mass is 10.9. The highest BCUT2D eigenvalue weighted by molar-refractivity contribution is 5.85. The highest BCUT2D eigenvalue weighted by Crippen LogP contribution is 1.94. The summed E-state index contributed by atoms with van der Waals surface area (Å²) in [6, 6.07) is 0. The molecule has 0 saturated heterocycles. The zero-order valence-electron chi connectivity index (χ0n) is 4.84. The van der Waals surface area contributed by atoms with Crippen molar-refractivity contribution in [3.63, 3.8) is 0 Å². The zero-order valence-corrected chi connectivity index (χ0v) is 4.84. The molecule has 56 valence electrons. The van der Waals surface area contributed by atoms with E-state index in [2.05, 4.69) is 10.2 Å². The van der Waals surface area contributed by atoms with Crippen LogP contribution in [0.1, 0.15) is 0 Å². The van der Waals surface area contributed by atoms with E-state index in [-0.39, 0.29) is 22.3 Å². The molecule has 8 heteroatoms. The summed E-state index contributed by atoms with van der Waals surface area (Å²) >= 11 is 0. The van der Waals surface area contributed by atoms with Crippen LogP contribution in [0.5, 0.6) is 0 Å². The number of guanidine groups is 2. The third-order valence-corrected chi connectivity index (χ3v) is 0.804. The molecule has 0 aromatic rings. The Morgan fingerprint density at radius 3 is 1.60 bits per heavy atom. The number of hydroxylamine groups is 2. The van der Waals surface area contributed by atoms with Gasteiger partial charge in [-0.2, -0.15) is 0 Å². The van der Waals surface area contributed by atoms with Gasteiger partial charge in [-0.1, -0.05) is 10.3 Å². The van der Waals surface area contributed by atoms with Crippen molar-refractivity contribution in [3.8, 4) is 0 Å². The Morgan fingerprint density at radius 1 is 1.00 bits per heavy atom. The summed E-state index contributed by atoms with van der Waals surface area (Å²) in [6.45, 7) is 0. The molecule has 0 aliphatic carbocycles. The van der Waals surface area contributed by atoms with E-state index < -0.39 is 0 Å². The largest absolute Gasteiger partial charge is 0.365 e. The quantitative estimate of drug-likeness (QED) is 0.308. The van der Waals surface area contributed by atoms with E-state index in [9.17, 15) is 0 Å². The third kappa shape index (κ3) is 0.921. The average Bonchev–Trinajstić information content (AvgIpc) is 1.84. The van der Waals surface area contributed by atoms with Crippen molar-refractivity contribution < 1.29 is 10.4 Å². The molecule has 1 rings (SSSR count). The van der Waals surface area contributed by atoms with Crippen molar-refractivity contribution in [1.82, 2.24) is 10.3 Å². The molecule has 0 aromatic carbocycles. The minimum atomic E-state index is -0.364. The van der Waals surface area contributed by atoms with Crippen LogP contribution in [0.3, 0.4) is 0 Å². The third-order valence-electron chi connectivity index (χ3n) is 0.804. The number of hydrogen-bond donors (Lipinski definition) is 4. The summed E-state index contributed by atoms with van der Waals surface area (Å²) in [5.41, 5.74) is 9.98. The van der Waals surface area contributed by atoms with Crippen molar-refractivity contribution in [3.05, 3.63) is 0 Å². The van der Waals surface area contributed by atoms with Gasteiger partial charge in [-0.05, 0) is 0 Å². The van der Waals surface area contributed by atoms with Crippen molar-refractivity contribution >= 4 is 11.9 Å². The number of nitrogens with zero attached hydrogens (tertiary/aromatic N) is 4. The Morgan fingerprint density at radius 2 is 1.30 bits per heavy atom. The Labute approximate surface area is 55.5 Å². The van der Waals surface area contributed by atoms with E-state index in [4.69, 9.17) is 21.9 Å². The normalized spacial score (nSPS) is 18.6. The lowest BCUT2D eigenvalue weighted by Crippen LogP contribution is -2.44. The number of hydrogen-bond acceptors (Lipinski definition) is 8. The first-order valence-electron chi connectivity index (χ1n) is 2.27. The van der Waals surface area contributed by atoms with E-state index >= 15 is 0 Å². The van der Waals surface area contributed by atoms with Crippen LogP contribution in [-0.4, -0.2) is 32.7 Å². The summed E-state index contributed by atoms with van der Waals surface area (Å²) in [5.74, 6) is -0.728. The molecule has 0 fully saturated rings. The first kappa shape index (κ1) is 6.58. The van der Waals surface area contributed by atoms with Gasteiger partial charge in [0.15, 0.2) is 0 Å². The molecule has 0 atom stereocenters. The van der Waals surface area contributed by atoms with E-state index in [0.717, 1.165) is 0 Å². The lowest BCUT2D eigenvalue weighted by molar-refractivity contribution is -0.0618. The molecule has 1 aliphatic heterocycles. The first-order valence-corrected chi connectivity index (χ1v) is 2.27. The zero-order chi connectivity index (χ0) is 7.72. The second-order valence-electron chi connectivity index (χ2n) is 1.50. The van der Waals surface area contributed by atoms with Crippen LogP contribution < -0.4 is 11.5 Å². The highest BCUT2D eigenvalue weighted by atomic mass is 16.6. The van der Waals surface area contributed by atoms with Crippen molar-refractivity contribution in [2.45, 2.75) is 0 Å². The Balaban J connectivity index is 2.81. The Hall–Kier alpha value is -1.54. The molecular weight excluding hydrogens is 140 g/mol. The molecule has 6 N–H and O–H groups in total. The van der Waals surface area contributed by atoms with Crippen LogP contribution in [0.2, 0.25) is 0 Å². The van der Waals surface area contributed by atoms with Crippen molar-refractivity contribution in [2.75, 3.05) is 0 Å². The van der Waals surface area contributed by atoms with Crippen LogP contribution in [-0.2, 0) is 0 Å². The standard InChI is InChI=1S/C2H6N6O2/c3-1-5-8(10)2(4)6-7(1)9/h9-10H,(H2,3,5)(H2,4,6). The second-order valence-corrected chi connectivity index (χ2v) is 1.50. The topological polar surface area (TPSA) is 124 Å². The van der Waals surface area contributed by atoms with Crippen molar-refractivity contribution in [2.24, 2.45) is 21.7 Å². The van der Waals surface area contributed by atoms with Gasteiger partial charge in [0, 0.05) is 0 Å². The predicted octanol–water partition coefficient (Wildman–Crippen LogP) is -2.16. The van der Waals surface area contributed by atoms with E-state index in [1.165, 1.54) is 0 Å². The van der Waals surface area contributed by atoms with Gasteiger partial charge in [0.25, 0.3) is 11.9 Å². The molecule has 0 unspecified atom stereocenters. The minimum absolute atomic E-state index is 0.252. The van der Waals surface area contributed by atoms with Gasteiger partial charge in [-0.3, -0.25) is 10.4 Å². The highest BCUT2D eigenvalue weighted by Gasteiger charge is 2.15. The van der Waals surface area contributed by atoms with Crippen LogP contribution in [0, 0.1) is 0 Å². The van der Waals surface area contributed by atoms with Gasteiger partial charge in [-0.25, -0.2) is 0 Å². The Kier molecular flexibility index (Phi) is 1.32. The van der Waals surface area contributed by atoms with E-state index in [1.54, 1.807) is 0 Å². The Bertz CT molecular complexity index is 176. The predicted molar refractivity (Wildman–Crippen MR) is 30.5 cm³/mol. The monoisotopic (exact) mass is 146 g/mol. The molecule has 0 aromatic heterocycles. The number of nitrogens with two attached hydrogens (primary N) is 2. The molecule has 0 saturated carbocycles. The molecule has 1 aliphatic rings. The van der Waals surface area contributed by atoms with Gasteiger partial charge in [0.2, 0.25) is 0 Å². The van der Waals surface area contributed by atoms with Crippen LogP contribution in [0.25, 0.3) is 0 Å². The van der Waals surface area contributed by atoms with Crippen LogP contribution in [0.4, 0.5) is 0 Å². The lowest BCUT2D eigenvalue weighted by Gasteiger charge is -2.18. The molecule has 0 bridgehead atoms. The fourth-order valence-corrected chi connectivity index (χ4v) is 0.377. The minimum Gasteiger partial charge on any atom is -0.365 e. The summed E-state index contributed by atoms with van der Waals surface area (Å²) in [4.78, 5) is 0. The summed E-state index contributed by atoms with van der Waals surface area (Å²) in [5, 5.41) is 24.1. The molecule has 0 spiro atoms. The molecule has 10 heavy (non-hydrogen) atoms. The van der Waals surface area contributed by atoms with E-state index in [1.807, 2.05) is 0 Å². The van der Waals surface area contributed by atoms with Crippen LogP contribution >= 0.6 is 0 Å². The van der Waals surface area contributed by atoms with E-state index in [0.29, 0.717) is 0 Å². The maximum atomic E-state index is 8.64. The molecule has 1 heterocycles. The molecule has 8 nitrogen and oxygen atoms in total. The molecule has 0 amide bonds. The number of hydrazone groups is 2. The maximum Gasteiger partial charge on any atom is 0.264 e. The fourth-order valence-electron chi connectivity index (χ4n) is 0.377. The average molecular weight is 146 g/mol. The van der Waals surface area contributed by atoms with Crippen LogP contribution in [0.15, 0.2) is 10.2 Å². The SMILES string of the molecule is NC1=NN(O)C(N)=NN1O. The first-order chi connectivity index (χ1) is 4.61.